The van der Waals surface area contributed by atoms with Crippen LogP contribution in [0.2, 0.25) is 0 Å². The lowest BCUT2D eigenvalue weighted by Gasteiger charge is -2.41. The maximum atomic E-state index is 13.4. The number of hydrogen-bond acceptors (Lipinski definition) is 10. The SMILES string of the molecule is CC/C=C\C/C=C\C/C=C\C/C=C\C/C=C\C/C=C\CCCCCCCCCCC(=O)OC1C(OCC(NC(=O)C(O)CCCCCCCCCCCCCCC)C(O)/C=C/CCCCCCCCCCC)OC(CO)C(O)C1O. The first kappa shape index (κ1) is 74.9. The van der Waals surface area contributed by atoms with Crippen LogP contribution in [0.4, 0.5) is 0 Å². The van der Waals surface area contributed by atoms with E-state index in [1.165, 1.54) is 122 Å². The van der Waals surface area contributed by atoms with Gasteiger partial charge in [0.1, 0.15) is 24.4 Å². The van der Waals surface area contributed by atoms with Crippen molar-refractivity contribution in [3.05, 3.63) is 85.1 Å². The van der Waals surface area contributed by atoms with Crippen LogP contribution in [0.15, 0.2) is 85.1 Å². The zero-order valence-electron chi connectivity index (χ0n) is 51.2. The van der Waals surface area contributed by atoms with Crippen molar-refractivity contribution in [2.45, 2.75) is 327 Å². The van der Waals surface area contributed by atoms with Gasteiger partial charge in [-0.15, -0.1) is 0 Å². The first-order chi connectivity index (χ1) is 39.2. The largest absolute Gasteiger partial charge is 0.454 e. The number of aliphatic hydroxyl groups is 5. The number of carbonyl (C=O) groups is 2. The highest BCUT2D eigenvalue weighted by Gasteiger charge is 2.47. The molecule has 0 spiro atoms. The molecule has 0 aromatic carbocycles. The molecule has 8 atom stereocenters. The summed E-state index contributed by atoms with van der Waals surface area (Å²) in [5.74, 6) is -1.20. The Bertz CT molecular complexity index is 1620. The Morgan fingerprint density at radius 1 is 0.500 bits per heavy atom. The van der Waals surface area contributed by atoms with Crippen LogP contribution in [-0.4, -0.2) is 99.6 Å². The predicted molar refractivity (Wildman–Crippen MR) is 333 cm³/mol. The van der Waals surface area contributed by atoms with Gasteiger partial charge in [-0.25, -0.2) is 0 Å². The Morgan fingerprint density at radius 2 is 0.900 bits per heavy atom. The van der Waals surface area contributed by atoms with Crippen molar-refractivity contribution in [2.24, 2.45) is 0 Å². The van der Waals surface area contributed by atoms with E-state index in [-0.39, 0.29) is 13.0 Å². The van der Waals surface area contributed by atoms with Crippen LogP contribution in [0.5, 0.6) is 0 Å². The zero-order chi connectivity index (χ0) is 58.2. The molecule has 8 unspecified atom stereocenters. The minimum Gasteiger partial charge on any atom is -0.454 e. The van der Waals surface area contributed by atoms with Crippen molar-refractivity contribution in [1.29, 1.82) is 0 Å². The molecule has 1 heterocycles. The number of aliphatic hydroxyl groups excluding tert-OH is 5. The van der Waals surface area contributed by atoms with Crippen molar-refractivity contribution in [3.63, 3.8) is 0 Å². The average molecular weight is 1120 g/mol. The molecule has 0 saturated carbocycles. The number of hydrogen-bond donors (Lipinski definition) is 6. The lowest BCUT2D eigenvalue weighted by atomic mass is 9.99. The topological polar surface area (TPSA) is 175 Å². The second kappa shape index (κ2) is 56.3. The molecule has 1 aliphatic heterocycles. The van der Waals surface area contributed by atoms with Gasteiger partial charge in [0.05, 0.1) is 25.4 Å². The smallest absolute Gasteiger partial charge is 0.306 e. The molecule has 0 bridgehead atoms. The molecule has 1 fully saturated rings. The van der Waals surface area contributed by atoms with E-state index in [9.17, 15) is 35.1 Å². The van der Waals surface area contributed by atoms with Gasteiger partial charge < -0.3 is 45.1 Å². The van der Waals surface area contributed by atoms with Crippen LogP contribution in [-0.2, 0) is 23.8 Å². The van der Waals surface area contributed by atoms with Gasteiger partial charge in [0.2, 0.25) is 5.91 Å². The first-order valence-corrected chi connectivity index (χ1v) is 32.9. The van der Waals surface area contributed by atoms with E-state index in [2.05, 4.69) is 99.0 Å². The average Bonchev–Trinajstić information content (AvgIpc) is 3.46. The number of unbranched alkanes of at least 4 members (excludes halogenated alkanes) is 29. The van der Waals surface area contributed by atoms with Crippen LogP contribution in [0.1, 0.15) is 278 Å². The fourth-order valence-electron chi connectivity index (χ4n) is 9.89. The predicted octanol–water partition coefficient (Wildman–Crippen LogP) is 16.1. The number of carbonyl (C=O) groups excluding carboxylic acids is 2. The molecule has 80 heavy (non-hydrogen) atoms. The van der Waals surface area contributed by atoms with Crippen LogP contribution >= 0.6 is 0 Å². The molecule has 0 aromatic rings. The fraction of sp³-hybridized carbons (Fsp3) is 0.768. The standard InChI is InChI=1S/C69H121NO10/c1-4-7-10-13-16-19-22-24-25-26-27-28-29-30-31-32-33-34-35-36-37-39-42-45-48-51-54-57-64(74)80-67-66(76)65(75)63(58-71)79-69(67)78-59-60(61(72)55-52-49-46-43-40-21-18-15-12-9-6-3)70-68(77)62(73)56-53-50-47-44-41-38-23-20-17-14-11-8-5-2/h7,10,16,19,24-25,27-28,30-31,33-34,52,55,60-63,65-67,69,71-73,75-76H,4-6,8-9,11-15,17-18,20-23,26,29,32,35-51,53-54,56-59H2,1-3H3,(H,70,77)/b10-7-,19-16-,25-24-,28-27-,31-30-,34-33-,55-52+. The van der Waals surface area contributed by atoms with Crippen molar-refractivity contribution in [2.75, 3.05) is 13.2 Å². The monoisotopic (exact) mass is 1120 g/mol. The molecular weight excluding hydrogens is 1000 g/mol. The molecule has 11 nitrogen and oxygen atoms in total. The minimum absolute atomic E-state index is 0.111. The summed E-state index contributed by atoms with van der Waals surface area (Å²) in [6, 6.07) is -1.03. The molecule has 6 N–H and O–H groups in total. The third-order valence-corrected chi connectivity index (χ3v) is 15.1. The number of esters is 1. The van der Waals surface area contributed by atoms with E-state index < -0.39 is 67.4 Å². The van der Waals surface area contributed by atoms with Gasteiger partial charge in [0.25, 0.3) is 0 Å². The fourth-order valence-corrected chi connectivity index (χ4v) is 9.89. The second-order valence-corrected chi connectivity index (χ2v) is 22.5. The van der Waals surface area contributed by atoms with Crippen molar-refractivity contribution in [1.82, 2.24) is 5.32 Å². The summed E-state index contributed by atoms with van der Waals surface area (Å²) >= 11 is 0. The summed E-state index contributed by atoms with van der Waals surface area (Å²) in [5.41, 5.74) is 0. The number of rotatable bonds is 55. The Morgan fingerprint density at radius 3 is 1.35 bits per heavy atom. The molecule has 1 amide bonds. The summed E-state index contributed by atoms with van der Waals surface area (Å²) < 4.78 is 17.6. The number of allylic oxidation sites excluding steroid dienone is 13. The highest BCUT2D eigenvalue weighted by Crippen LogP contribution is 2.26. The van der Waals surface area contributed by atoms with Crippen LogP contribution < -0.4 is 5.32 Å². The highest BCUT2D eigenvalue weighted by atomic mass is 16.7. The van der Waals surface area contributed by atoms with Gasteiger partial charge in [-0.2, -0.15) is 0 Å². The van der Waals surface area contributed by atoms with Crippen LogP contribution in [0.25, 0.3) is 0 Å². The zero-order valence-corrected chi connectivity index (χ0v) is 51.2. The molecule has 0 aromatic heterocycles. The number of nitrogens with one attached hydrogen (secondary N) is 1. The number of ether oxygens (including phenoxy) is 3. The molecule has 0 radical (unpaired) electrons. The highest BCUT2D eigenvalue weighted by molar-refractivity contribution is 5.80. The van der Waals surface area contributed by atoms with E-state index >= 15 is 0 Å². The normalized spacial score (nSPS) is 19.3. The lowest BCUT2D eigenvalue weighted by Crippen LogP contribution is -2.61. The molecule has 462 valence electrons. The Balaban J connectivity index is 2.57. The van der Waals surface area contributed by atoms with E-state index in [4.69, 9.17) is 14.2 Å². The Labute approximate surface area is 489 Å². The summed E-state index contributed by atoms with van der Waals surface area (Å²) in [6.45, 7) is 5.67. The van der Waals surface area contributed by atoms with Gasteiger partial charge in [-0.1, -0.05) is 279 Å². The number of amides is 1. The van der Waals surface area contributed by atoms with E-state index in [1.807, 2.05) is 6.08 Å². The summed E-state index contributed by atoms with van der Waals surface area (Å²) in [7, 11) is 0. The van der Waals surface area contributed by atoms with Gasteiger partial charge in [-0.3, -0.25) is 9.59 Å². The molecular formula is C69H121NO10. The van der Waals surface area contributed by atoms with Crippen LogP contribution in [0.3, 0.4) is 0 Å². The first-order valence-electron chi connectivity index (χ1n) is 32.9. The summed E-state index contributed by atoms with van der Waals surface area (Å²) in [4.78, 5) is 26.6. The summed E-state index contributed by atoms with van der Waals surface area (Å²) in [6.07, 6.45) is 63.4. The van der Waals surface area contributed by atoms with Gasteiger partial charge in [0, 0.05) is 6.42 Å². The van der Waals surface area contributed by atoms with Gasteiger partial charge in [0.15, 0.2) is 12.4 Å². The van der Waals surface area contributed by atoms with E-state index in [1.54, 1.807) is 6.08 Å². The minimum atomic E-state index is -1.62. The van der Waals surface area contributed by atoms with Crippen molar-refractivity contribution < 1.29 is 49.3 Å². The third-order valence-electron chi connectivity index (χ3n) is 15.1. The lowest BCUT2D eigenvalue weighted by molar-refractivity contribution is -0.305. The van der Waals surface area contributed by atoms with Crippen molar-refractivity contribution in [3.8, 4) is 0 Å². The maximum absolute atomic E-state index is 13.4. The van der Waals surface area contributed by atoms with Gasteiger partial charge in [-0.05, 0) is 77.0 Å². The van der Waals surface area contributed by atoms with Crippen LogP contribution in [0, 0.1) is 0 Å². The molecule has 0 aliphatic carbocycles. The maximum Gasteiger partial charge on any atom is 0.306 e. The Hall–Kier alpha value is -3.16. The van der Waals surface area contributed by atoms with Crippen molar-refractivity contribution >= 4 is 11.9 Å². The Kier molecular flexibility index (Phi) is 52.7. The quantitative estimate of drug-likeness (QED) is 0.0195. The second-order valence-electron chi connectivity index (χ2n) is 22.5. The van der Waals surface area contributed by atoms with Gasteiger partial charge >= 0.3 is 5.97 Å². The molecule has 1 saturated heterocycles. The van der Waals surface area contributed by atoms with E-state index in [0.717, 1.165) is 109 Å². The van der Waals surface area contributed by atoms with E-state index in [0.29, 0.717) is 19.3 Å². The summed E-state index contributed by atoms with van der Waals surface area (Å²) in [5, 5.41) is 57.0. The molecule has 1 rings (SSSR count). The third kappa shape index (κ3) is 43.5. The molecule has 1 aliphatic rings. The molecule has 11 heteroatoms.